The van der Waals surface area contributed by atoms with E-state index in [9.17, 15) is 24.6 Å². The van der Waals surface area contributed by atoms with Crippen LogP contribution in [0, 0.1) is 0 Å². The Kier molecular flexibility index (Phi) is 5.52. The van der Waals surface area contributed by atoms with Crippen LogP contribution in [0.5, 0.6) is 0 Å². The molecule has 0 radical (unpaired) electrons. The molecule has 1 atom stereocenters. The van der Waals surface area contributed by atoms with Gasteiger partial charge in [0.1, 0.15) is 5.69 Å². The number of amides is 2. The van der Waals surface area contributed by atoms with E-state index in [0.717, 1.165) is 18.5 Å². The summed E-state index contributed by atoms with van der Waals surface area (Å²) in [4.78, 5) is 37.4. The summed E-state index contributed by atoms with van der Waals surface area (Å²) in [5, 5.41) is 23.1. The molecule has 2 amide bonds. The minimum absolute atomic E-state index is 0.104. The molecule has 10 heteroatoms. The van der Waals surface area contributed by atoms with Gasteiger partial charge in [-0.1, -0.05) is 0 Å². The van der Waals surface area contributed by atoms with Crippen molar-refractivity contribution in [2.75, 3.05) is 26.2 Å². The topological polar surface area (TPSA) is 125 Å². The molecule has 1 aliphatic carbocycles. The maximum absolute atomic E-state index is 12.2. The SMILES string of the molecule is CCOC(=O)c1cc(C2CC2)nn1CC[C@@H]1CN(C(=O)O)CCN1C(=O)O. The molecule has 1 saturated heterocycles. The molecule has 0 aromatic carbocycles. The zero-order valence-corrected chi connectivity index (χ0v) is 15.2. The highest BCUT2D eigenvalue weighted by Gasteiger charge is 2.33. The van der Waals surface area contributed by atoms with Crippen molar-refractivity contribution in [1.82, 2.24) is 19.6 Å². The summed E-state index contributed by atoms with van der Waals surface area (Å²) in [6.45, 7) is 2.68. The van der Waals surface area contributed by atoms with Crippen molar-refractivity contribution >= 4 is 18.2 Å². The third-order valence-electron chi connectivity index (χ3n) is 4.95. The number of rotatable bonds is 6. The molecular weight excluding hydrogens is 356 g/mol. The van der Waals surface area contributed by atoms with Gasteiger partial charge in [0.05, 0.1) is 18.3 Å². The molecule has 10 nitrogen and oxygen atoms in total. The number of nitrogens with zero attached hydrogens (tertiary/aromatic N) is 4. The molecule has 0 bridgehead atoms. The van der Waals surface area contributed by atoms with Gasteiger partial charge in [0, 0.05) is 32.1 Å². The van der Waals surface area contributed by atoms with Crippen molar-refractivity contribution < 1.29 is 29.3 Å². The lowest BCUT2D eigenvalue weighted by Gasteiger charge is -2.38. The number of aromatic nitrogens is 2. The Morgan fingerprint density at radius 2 is 1.96 bits per heavy atom. The summed E-state index contributed by atoms with van der Waals surface area (Å²) in [6, 6.07) is 1.26. The van der Waals surface area contributed by atoms with Crippen molar-refractivity contribution in [2.24, 2.45) is 0 Å². The van der Waals surface area contributed by atoms with Gasteiger partial charge in [-0.15, -0.1) is 0 Å². The zero-order valence-electron chi connectivity index (χ0n) is 15.2. The van der Waals surface area contributed by atoms with E-state index in [-0.39, 0.29) is 26.2 Å². The van der Waals surface area contributed by atoms with Crippen LogP contribution in [-0.2, 0) is 11.3 Å². The molecule has 1 aromatic heterocycles. The van der Waals surface area contributed by atoms with Gasteiger partial charge in [0.15, 0.2) is 0 Å². The van der Waals surface area contributed by atoms with Gasteiger partial charge in [-0.25, -0.2) is 14.4 Å². The van der Waals surface area contributed by atoms with Gasteiger partial charge in [-0.05, 0) is 32.3 Å². The number of carbonyl (C=O) groups is 3. The number of piperazine rings is 1. The second-order valence-corrected chi connectivity index (χ2v) is 6.82. The molecule has 2 heterocycles. The monoisotopic (exact) mass is 380 g/mol. The summed E-state index contributed by atoms with van der Waals surface area (Å²) < 4.78 is 6.65. The van der Waals surface area contributed by atoms with Gasteiger partial charge in [0.25, 0.3) is 0 Å². The lowest BCUT2D eigenvalue weighted by molar-refractivity contribution is 0.0502. The van der Waals surface area contributed by atoms with Crippen LogP contribution in [0.1, 0.15) is 48.3 Å². The van der Waals surface area contributed by atoms with Crippen LogP contribution in [0.4, 0.5) is 9.59 Å². The maximum Gasteiger partial charge on any atom is 0.407 e. The molecular formula is C17H24N4O6. The minimum Gasteiger partial charge on any atom is -0.465 e. The highest BCUT2D eigenvalue weighted by Crippen LogP contribution is 2.39. The number of hydrogen-bond donors (Lipinski definition) is 2. The summed E-state index contributed by atoms with van der Waals surface area (Å²) in [5.41, 5.74) is 1.20. The highest BCUT2D eigenvalue weighted by atomic mass is 16.5. The Labute approximate surface area is 156 Å². The molecule has 2 fully saturated rings. The number of hydrogen-bond acceptors (Lipinski definition) is 5. The van der Waals surface area contributed by atoms with Gasteiger partial charge in [0.2, 0.25) is 0 Å². The fraction of sp³-hybridized carbons (Fsp3) is 0.647. The quantitative estimate of drug-likeness (QED) is 0.719. The van der Waals surface area contributed by atoms with Crippen LogP contribution >= 0.6 is 0 Å². The third-order valence-corrected chi connectivity index (χ3v) is 4.95. The lowest BCUT2D eigenvalue weighted by Crippen LogP contribution is -2.56. The Hall–Kier alpha value is -2.78. The number of aryl methyl sites for hydroxylation is 1. The lowest BCUT2D eigenvalue weighted by atomic mass is 10.1. The normalized spacial score (nSPS) is 19.8. The Bertz CT molecular complexity index is 729. The van der Waals surface area contributed by atoms with Crippen LogP contribution in [0.2, 0.25) is 0 Å². The van der Waals surface area contributed by atoms with E-state index in [4.69, 9.17) is 4.74 Å². The molecule has 2 N–H and O–H groups in total. The van der Waals surface area contributed by atoms with E-state index in [2.05, 4.69) is 5.10 Å². The zero-order chi connectivity index (χ0) is 19.6. The standard InChI is InChI=1S/C17H24N4O6/c1-2-27-15(22)14-9-13(11-3-4-11)18-21(14)6-5-12-10-19(16(23)24)7-8-20(12)17(25)26/h9,11-12H,2-8,10H2,1H3,(H,23,24)(H,25,26)/t12-/m1/s1. The van der Waals surface area contributed by atoms with Crippen molar-refractivity contribution in [3.63, 3.8) is 0 Å². The Morgan fingerprint density at radius 1 is 1.22 bits per heavy atom. The average Bonchev–Trinajstić information content (AvgIpc) is 3.39. The van der Waals surface area contributed by atoms with E-state index in [1.807, 2.05) is 0 Å². The number of ether oxygens (including phenoxy) is 1. The maximum atomic E-state index is 12.2. The largest absolute Gasteiger partial charge is 0.465 e. The van der Waals surface area contributed by atoms with Crippen molar-refractivity contribution in [3.05, 3.63) is 17.5 Å². The average molecular weight is 380 g/mol. The molecule has 27 heavy (non-hydrogen) atoms. The highest BCUT2D eigenvalue weighted by molar-refractivity contribution is 5.87. The van der Waals surface area contributed by atoms with Gasteiger partial charge < -0.3 is 24.7 Å². The predicted octanol–water partition coefficient (Wildman–Crippen LogP) is 1.67. The van der Waals surface area contributed by atoms with E-state index >= 15 is 0 Å². The smallest absolute Gasteiger partial charge is 0.407 e. The van der Waals surface area contributed by atoms with Crippen LogP contribution in [0.15, 0.2) is 6.07 Å². The second-order valence-electron chi connectivity index (χ2n) is 6.82. The summed E-state index contributed by atoms with van der Waals surface area (Å²) in [6.07, 6.45) is 0.306. The fourth-order valence-electron chi connectivity index (χ4n) is 3.35. The second kappa shape index (κ2) is 7.85. The third kappa shape index (κ3) is 4.32. The fourth-order valence-corrected chi connectivity index (χ4v) is 3.35. The molecule has 1 aliphatic heterocycles. The van der Waals surface area contributed by atoms with E-state index < -0.39 is 24.2 Å². The first kappa shape index (κ1) is 19.0. The van der Waals surface area contributed by atoms with Crippen LogP contribution in [-0.4, -0.2) is 80.2 Å². The van der Waals surface area contributed by atoms with Gasteiger partial charge >= 0.3 is 18.2 Å². The first-order valence-corrected chi connectivity index (χ1v) is 9.13. The molecule has 1 aromatic rings. The van der Waals surface area contributed by atoms with Crippen LogP contribution < -0.4 is 0 Å². The number of carbonyl (C=O) groups excluding carboxylic acids is 1. The molecule has 3 rings (SSSR count). The first-order chi connectivity index (χ1) is 12.9. The number of carboxylic acid groups (broad SMARTS) is 2. The Balaban J connectivity index is 1.74. The summed E-state index contributed by atoms with van der Waals surface area (Å²) in [5.74, 6) is -0.0880. The van der Waals surface area contributed by atoms with Crippen LogP contribution in [0.25, 0.3) is 0 Å². The molecule has 2 aliphatic rings. The van der Waals surface area contributed by atoms with Crippen LogP contribution in [0.3, 0.4) is 0 Å². The molecule has 1 saturated carbocycles. The summed E-state index contributed by atoms with van der Waals surface area (Å²) >= 11 is 0. The molecule has 0 unspecified atom stereocenters. The van der Waals surface area contributed by atoms with E-state index in [0.29, 0.717) is 24.6 Å². The summed E-state index contributed by atoms with van der Waals surface area (Å²) in [7, 11) is 0. The van der Waals surface area contributed by atoms with Gasteiger partial charge in [-0.3, -0.25) is 4.68 Å². The van der Waals surface area contributed by atoms with Gasteiger partial charge in [-0.2, -0.15) is 5.10 Å². The van der Waals surface area contributed by atoms with Crippen molar-refractivity contribution in [2.45, 2.75) is 44.7 Å². The number of esters is 1. The molecule has 148 valence electrons. The van der Waals surface area contributed by atoms with Crippen molar-refractivity contribution in [3.8, 4) is 0 Å². The first-order valence-electron chi connectivity index (χ1n) is 9.13. The predicted molar refractivity (Wildman–Crippen MR) is 92.9 cm³/mol. The van der Waals surface area contributed by atoms with Crippen molar-refractivity contribution in [1.29, 1.82) is 0 Å². The van der Waals surface area contributed by atoms with E-state index in [1.54, 1.807) is 17.7 Å². The van der Waals surface area contributed by atoms with E-state index in [1.165, 1.54) is 9.80 Å². The molecule has 0 spiro atoms. The Morgan fingerprint density at radius 3 is 2.56 bits per heavy atom. The minimum atomic E-state index is -1.07.